The Morgan fingerprint density at radius 2 is 0.758 bits per heavy atom. The fraction of sp³-hybridized carbons (Fsp3) is 0.563. The summed E-state index contributed by atoms with van der Waals surface area (Å²) in [7, 11) is 0. The number of carbonyl (C=O) groups is 16. The number of hydrogen-bond donors (Lipinski definition) is 4. The lowest BCUT2D eigenvalue weighted by molar-refractivity contribution is -0.196. The normalized spacial score (nSPS) is 37.5. The van der Waals surface area contributed by atoms with Crippen molar-refractivity contribution in [3.8, 4) is 0 Å². The van der Waals surface area contributed by atoms with Gasteiger partial charge in [-0.1, -0.05) is 97.7 Å². The second-order valence-corrected chi connectivity index (χ2v) is 33.3. The molecule has 0 unspecified atom stereocenters. The second-order valence-electron chi connectivity index (χ2n) is 33.3. The molecule has 0 bridgehead atoms. The largest absolute Gasteiger partial charge is 0.461 e. The fourth-order valence-corrected chi connectivity index (χ4v) is 15.8. The zero-order chi connectivity index (χ0) is 90.8. The molecule has 10 aliphatic rings. The smallest absolute Gasteiger partial charge is 0.334 e. The van der Waals surface area contributed by atoms with E-state index >= 15 is 0 Å². The first-order valence-electron chi connectivity index (χ1n) is 38.8. The molecule has 33 heteroatoms. The van der Waals surface area contributed by atoms with Gasteiger partial charge >= 0.3 is 65.7 Å². The molecule has 6 saturated heterocycles. The summed E-state index contributed by atoms with van der Waals surface area (Å²) in [6.07, 6.45) is -10.8. The number of carbonyl (C=O) groups excluding carboxylic acids is 16. The molecule has 654 valence electrons. The minimum atomic E-state index is -2.32. The number of ketones is 5. The van der Waals surface area contributed by atoms with Crippen molar-refractivity contribution in [2.45, 2.75) is 263 Å². The van der Waals surface area contributed by atoms with Gasteiger partial charge in [0.25, 0.3) is 0 Å². The topological polar surface area (TPSA) is 481 Å². The molecule has 4 aliphatic carbocycles. The van der Waals surface area contributed by atoms with E-state index < -0.39 is 232 Å². The third-order valence-electron chi connectivity index (χ3n) is 22.8. The summed E-state index contributed by atoms with van der Waals surface area (Å²) >= 11 is 0. The van der Waals surface area contributed by atoms with Gasteiger partial charge in [0, 0.05) is 90.5 Å². The van der Waals surface area contributed by atoms with Crippen molar-refractivity contribution in [2.75, 3.05) is 0 Å². The van der Waals surface area contributed by atoms with Crippen LogP contribution in [0.4, 0.5) is 0 Å². The summed E-state index contributed by atoms with van der Waals surface area (Å²) in [6.45, 7) is 55.4. The van der Waals surface area contributed by atoms with E-state index in [1.807, 2.05) is 20.8 Å². The van der Waals surface area contributed by atoms with Crippen LogP contribution in [-0.4, -0.2) is 229 Å². The minimum Gasteiger partial charge on any atom is -0.461 e. The van der Waals surface area contributed by atoms with Gasteiger partial charge in [0.05, 0.1) is 35.9 Å². The third-order valence-corrected chi connectivity index (χ3v) is 22.8. The van der Waals surface area contributed by atoms with Gasteiger partial charge in [-0.3, -0.25) is 38.4 Å². The first kappa shape index (κ1) is 96.6. The lowest BCUT2D eigenvalue weighted by atomic mass is 9.70. The number of ether oxygens (including phenoxy) is 13. The van der Waals surface area contributed by atoms with E-state index in [0.29, 0.717) is 12.8 Å². The first-order valence-corrected chi connectivity index (χ1v) is 38.8. The van der Waals surface area contributed by atoms with Gasteiger partial charge in [-0.2, -0.15) is 0 Å². The fourth-order valence-electron chi connectivity index (χ4n) is 15.8. The Bertz CT molecular complexity index is 4430. The zero-order valence-corrected chi connectivity index (χ0v) is 70.2. The Hall–Kier alpha value is -10.6. The highest BCUT2D eigenvalue weighted by atomic mass is 16.6. The number of esters is 11. The highest BCUT2D eigenvalue weighted by Gasteiger charge is 2.66. The number of rotatable bonds is 14. The maximum Gasteiger partial charge on any atom is 0.334 e. The molecule has 33 nitrogen and oxygen atoms in total. The van der Waals surface area contributed by atoms with Crippen LogP contribution in [0, 0.1) is 47.3 Å². The molecule has 120 heavy (non-hydrogen) atoms. The highest BCUT2D eigenvalue weighted by Crippen LogP contribution is 2.50. The van der Waals surface area contributed by atoms with Crippen LogP contribution in [0.15, 0.2) is 133 Å². The molecule has 10 rings (SSSR count). The number of hydrogen-bond acceptors (Lipinski definition) is 33. The van der Waals surface area contributed by atoms with Gasteiger partial charge in [0.2, 0.25) is 0 Å². The molecule has 0 amide bonds. The van der Waals surface area contributed by atoms with Crippen LogP contribution in [0.25, 0.3) is 0 Å². The maximum atomic E-state index is 13.2. The van der Waals surface area contributed by atoms with Gasteiger partial charge < -0.3 is 82.0 Å². The van der Waals surface area contributed by atoms with Crippen LogP contribution >= 0.6 is 0 Å². The number of aliphatic hydroxyl groups is 4. The SMILES string of the molecule is C=C(C)C(=O)C[C@@H]1[C@@H](OC(C)=O)[C@H]2C(=C)C(=O)O[C@@H]2C[C@@H](C)/C=C\C(=O)[C@@]1(C)O.C=C(C)C(=O)O[C@H]1[C@H]2C(=C)C(=O)O[C@@H]2C/C(C)=C\CC(=O)[C@@](C)(O)[C@@H]1OC(C)=O.C=C(C)C(=O)O[C@H]1[C@H]2C(=C)C(=O)O[C@@H]2C[C@@H](C)[C@@H]2O[C@@H]2C(=O)[C@@](C)(O)[C@@H]1OC(=O)C(=C)C.C=C(C)C(=O)O[C@H]1[C@H]2C(=C)C(=O)O[C@@H]2C[C@@H](C)[C@@H]2O[C@@H]2C(=O)[C@@](C)(O)[C@@H]1OC(C)=O. The van der Waals surface area contributed by atoms with E-state index in [1.54, 1.807) is 19.1 Å². The van der Waals surface area contributed by atoms with Gasteiger partial charge in [0.15, 0.2) is 82.3 Å². The summed E-state index contributed by atoms with van der Waals surface area (Å²) in [4.78, 5) is 199. The number of epoxide rings is 2. The van der Waals surface area contributed by atoms with Crippen molar-refractivity contribution < 1.29 is 159 Å². The van der Waals surface area contributed by atoms with Crippen molar-refractivity contribution in [3.05, 3.63) is 133 Å². The molecule has 8 fully saturated rings. The van der Waals surface area contributed by atoms with Gasteiger partial charge in [0.1, 0.15) is 48.3 Å². The Morgan fingerprint density at radius 1 is 0.433 bits per heavy atom. The number of fused-ring (bicyclic) bond motifs is 6. The molecule has 0 aromatic heterocycles. The molecule has 27 atom stereocenters. The molecule has 0 aromatic rings. The van der Waals surface area contributed by atoms with Crippen LogP contribution < -0.4 is 0 Å². The molecule has 0 aromatic carbocycles. The summed E-state index contributed by atoms with van der Waals surface area (Å²) in [5.41, 5.74) is -7.62. The predicted molar refractivity (Wildman–Crippen MR) is 417 cm³/mol. The molecule has 0 radical (unpaired) electrons. The van der Waals surface area contributed by atoms with E-state index in [9.17, 15) is 97.1 Å². The van der Waals surface area contributed by atoms with Gasteiger partial charge in [-0.25, -0.2) is 38.4 Å². The molecule has 4 N–H and O–H groups in total. The Labute approximate surface area is 694 Å². The van der Waals surface area contributed by atoms with E-state index in [1.165, 1.54) is 68.4 Å². The molecular formula is C87H108O33. The van der Waals surface area contributed by atoms with Crippen molar-refractivity contribution in [3.63, 3.8) is 0 Å². The zero-order valence-electron chi connectivity index (χ0n) is 70.2. The van der Waals surface area contributed by atoms with Gasteiger partial charge in [-0.15, -0.1) is 0 Å². The quantitative estimate of drug-likeness (QED) is 0.0551. The lowest BCUT2D eigenvalue weighted by Crippen LogP contribution is -2.60. The number of allylic oxidation sites excluding steroid dienone is 3. The molecule has 2 saturated carbocycles. The van der Waals surface area contributed by atoms with E-state index in [2.05, 4.69) is 59.2 Å². The Balaban J connectivity index is 0.000000221. The second kappa shape index (κ2) is 37.6. The summed E-state index contributed by atoms with van der Waals surface area (Å²) in [6, 6.07) is 0. The molecule has 6 aliphatic heterocycles. The van der Waals surface area contributed by atoms with Crippen LogP contribution in [0.3, 0.4) is 0 Å². The highest BCUT2D eigenvalue weighted by molar-refractivity contribution is 6.01. The Morgan fingerprint density at radius 3 is 1.12 bits per heavy atom. The predicted octanol–water partition coefficient (Wildman–Crippen LogP) is 5.47. The van der Waals surface area contributed by atoms with E-state index in [-0.39, 0.29) is 99.4 Å². The maximum absolute atomic E-state index is 13.2. The summed E-state index contributed by atoms with van der Waals surface area (Å²) in [5.74, 6) is -16.8. The van der Waals surface area contributed by atoms with Crippen LogP contribution in [0.2, 0.25) is 0 Å². The van der Waals surface area contributed by atoms with Crippen molar-refractivity contribution in [1.82, 2.24) is 0 Å². The number of Topliss-reactive ketones (excluding diaryl/α,β-unsaturated/α-hetero) is 4. The summed E-state index contributed by atoms with van der Waals surface area (Å²) < 4.78 is 71.0. The van der Waals surface area contributed by atoms with Gasteiger partial charge in [-0.05, 0) is 118 Å². The molecular weight excluding hydrogens is 1570 g/mol. The summed E-state index contributed by atoms with van der Waals surface area (Å²) in [5, 5.41) is 44.7. The van der Waals surface area contributed by atoms with E-state index in [4.69, 9.17) is 61.6 Å². The minimum absolute atomic E-state index is 0.000884. The monoisotopic (exact) mass is 1680 g/mol. The standard InChI is InChI=1S/C23H28O9.C22H28O7.C21H26O9.C21H26O8/c1-9(2)20(25)31-16-14-12(6)22(27)29-13(14)8-11(5)15-17(30-15)18(24)23(7,28)19(16)32-21(26)10(3)4;1-11(2)16(24)10-15-20(28-14(5)23)19-13(4)21(26)29-17(19)9-12(3)7-8-18(25)22(15,6)27;1-8(2)19(24)30-15-13-10(4)20(25)28-12(13)7-9(3)14-16(29-14)17(23)21(6,26)18(15)27-11(5)22;1-10(2)19(24)29-17-16-12(4)20(25)28-14(16)9-11(3)7-8-15(23)21(6,26)18(17)27-13(5)22/h11,13-17,19,28H,1,3,6,8H2,2,4-5,7H3;7-8,12,15,17,19-20,27H,1,4,9-10H2,2-3,5-6H3;9,12-16,18,26H,1,4,7H2,2-3,5-6H3;7,14,16-18,26H,1,4,8-9H2,2-3,5-6H3/b;8-7-;;11-7-/t11-,13-,14+,15+,16+,17+,19-,23-;12-,15+,17+,19-,20+,22-;9-,12-,13+,14+,15+,16+,18-,21-;14-,16+,17+,18-,21-/m1011/s1. The van der Waals surface area contributed by atoms with Crippen molar-refractivity contribution in [2.24, 2.45) is 47.3 Å². The first-order chi connectivity index (χ1) is 55.3. The third kappa shape index (κ3) is 21.2. The van der Waals surface area contributed by atoms with Crippen LogP contribution in [0.1, 0.15) is 149 Å². The molecule has 0 spiro atoms. The van der Waals surface area contributed by atoms with E-state index in [0.717, 1.165) is 26.3 Å². The average molecular weight is 1680 g/mol. The Kier molecular flexibility index (Phi) is 30.2. The van der Waals surface area contributed by atoms with Crippen molar-refractivity contribution >= 4 is 94.6 Å². The molecule has 6 heterocycles. The average Bonchev–Trinajstić information content (AvgIpc) is 1.58. The lowest BCUT2D eigenvalue weighted by Gasteiger charge is -2.40. The van der Waals surface area contributed by atoms with Crippen molar-refractivity contribution in [1.29, 1.82) is 0 Å². The van der Waals surface area contributed by atoms with Crippen LogP contribution in [-0.2, 0) is 138 Å². The van der Waals surface area contributed by atoms with Crippen LogP contribution in [0.5, 0.6) is 0 Å².